The molecule has 2 heterocycles. The highest BCUT2D eigenvalue weighted by molar-refractivity contribution is 7.85. The summed E-state index contributed by atoms with van der Waals surface area (Å²) >= 11 is 1.49. The molecule has 10 nitrogen and oxygen atoms in total. The lowest BCUT2D eigenvalue weighted by Crippen LogP contribution is -2.36. The maximum atomic E-state index is 13.6. The largest absolute Gasteiger partial charge is 0.378 e. The number of benzene rings is 2. The Hall–Kier alpha value is -3.26. The van der Waals surface area contributed by atoms with Crippen LogP contribution in [0.4, 0.5) is 20.6 Å². The third-order valence-corrected chi connectivity index (χ3v) is 6.08. The number of halogens is 1. The summed E-state index contributed by atoms with van der Waals surface area (Å²) in [5.41, 5.74) is 3.77. The highest BCUT2D eigenvalue weighted by Crippen LogP contribution is 2.25. The van der Waals surface area contributed by atoms with Crippen molar-refractivity contribution in [1.82, 2.24) is 15.2 Å². The van der Waals surface area contributed by atoms with E-state index in [1.54, 1.807) is 19.2 Å². The number of morpholine rings is 1. The molecule has 3 aromatic rings. The van der Waals surface area contributed by atoms with Gasteiger partial charge in [0.2, 0.25) is 0 Å². The van der Waals surface area contributed by atoms with Crippen molar-refractivity contribution in [1.29, 1.82) is 0 Å². The minimum atomic E-state index is -3.67. The molecule has 0 unspecified atom stereocenters. The second-order valence-corrected chi connectivity index (χ2v) is 10.3. The Kier molecular flexibility index (Phi) is 10.2. The Morgan fingerprint density at radius 1 is 1.19 bits per heavy atom. The van der Waals surface area contributed by atoms with E-state index in [0.29, 0.717) is 25.0 Å². The molecule has 0 aliphatic carbocycles. The summed E-state index contributed by atoms with van der Waals surface area (Å²) in [6.07, 6.45) is 0.715. The summed E-state index contributed by atoms with van der Waals surface area (Å²) in [7, 11) is -2.08. The van der Waals surface area contributed by atoms with Crippen LogP contribution in [0.25, 0.3) is 11.3 Å². The van der Waals surface area contributed by atoms with E-state index in [0.717, 1.165) is 42.4 Å². The van der Waals surface area contributed by atoms with Crippen LogP contribution in [-0.2, 0) is 21.4 Å². The summed E-state index contributed by atoms with van der Waals surface area (Å²) in [6.45, 7) is 4.24. The predicted molar refractivity (Wildman–Crippen MR) is 142 cm³/mol. The maximum absolute atomic E-state index is 13.6. The quantitative estimate of drug-likeness (QED) is 0.405. The molecule has 0 saturated carbocycles. The first-order valence-electron chi connectivity index (χ1n) is 11.4. The van der Waals surface area contributed by atoms with Crippen molar-refractivity contribution < 1.29 is 26.9 Å². The number of anilines is 1. The van der Waals surface area contributed by atoms with Crippen LogP contribution in [0.3, 0.4) is 0 Å². The van der Waals surface area contributed by atoms with Crippen LogP contribution in [0.2, 0.25) is 0 Å². The Labute approximate surface area is 219 Å². The third-order valence-electron chi connectivity index (χ3n) is 5.22. The second kappa shape index (κ2) is 13.3. The first-order chi connectivity index (χ1) is 17.6. The van der Waals surface area contributed by atoms with Gasteiger partial charge in [-0.1, -0.05) is 18.2 Å². The molecule has 0 bridgehead atoms. The summed E-state index contributed by atoms with van der Waals surface area (Å²) in [6, 6.07) is 14.4. The van der Waals surface area contributed by atoms with E-state index in [1.165, 1.54) is 29.2 Å². The number of rotatable bonds is 6. The topological polar surface area (TPSA) is 125 Å². The molecule has 13 heteroatoms. The molecule has 2 aromatic carbocycles. The minimum Gasteiger partial charge on any atom is -0.378 e. The number of amides is 2. The molecule has 1 saturated heterocycles. The van der Waals surface area contributed by atoms with Crippen LogP contribution in [0.15, 0.2) is 58.9 Å². The Morgan fingerprint density at radius 3 is 2.49 bits per heavy atom. The van der Waals surface area contributed by atoms with Crippen molar-refractivity contribution in [2.24, 2.45) is 4.99 Å². The molecule has 37 heavy (non-hydrogen) atoms. The van der Waals surface area contributed by atoms with E-state index in [9.17, 15) is 17.6 Å². The predicted octanol–water partition coefficient (Wildman–Crippen LogP) is 2.86. The number of hydrogen-bond donors (Lipinski definition) is 3. The van der Waals surface area contributed by atoms with Gasteiger partial charge in [-0.05, 0) is 35.9 Å². The maximum Gasteiger partial charge on any atom is 0.314 e. The van der Waals surface area contributed by atoms with E-state index >= 15 is 0 Å². The number of aromatic nitrogens is 1. The van der Waals surface area contributed by atoms with Crippen molar-refractivity contribution in [2.45, 2.75) is 6.54 Å². The minimum absolute atomic E-state index is 0.235. The molecule has 0 spiro atoms. The van der Waals surface area contributed by atoms with E-state index in [1.807, 2.05) is 5.38 Å². The molecule has 4 rings (SSSR count). The van der Waals surface area contributed by atoms with Gasteiger partial charge in [0.05, 0.1) is 30.9 Å². The van der Waals surface area contributed by atoms with Crippen LogP contribution in [0.5, 0.6) is 0 Å². The number of nitrogens with one attached hydrogen (secondary N) is 2. The molecule has 1 aliphatic rings. The van der Waals surface area contributed by atoms with Crippen LogP contribution in [0.1, 0.15) is 0 Å². The number of thiazole rings is 1. The molecular formula is C24H30FN5O5S2. The molecule has 3 N–H and O–H groups in total. The van der Waals surface area contributed by atoms with E-state index < -0.39 is 10.1 Å². The van der Waals surface area contributed by atoms with E-state index in [2.05, 4.69) is 49.4 Å². The molecule has 0 radical (unpaired) electrons. The van der Waals surface area contributed by atoms with Crippen LogP contribution < -0.4 is 20.3 Å². The van der Waals surface area contributed by atoms with Crippen LogP contribution in [-0.4, -0.2) is 69.7 Å². The third kappa shape index (κ3) is 9.28. The van der Waals surface area contributed by atoms with Gasteiger partial charge in [-0.25, -0.2) is 14.2 Å². The van der Waals surface area contributed by atoms with Crippen molar-refractivity contribution in [3.8, 4) is 11.3 Å². The molecule has 200 valence electrons. The Morgan fingerprint density at radius 2 is 1.86 bits per heavy atom. The molecule has 0 atom stereocenters. The molecule has 1 aromatic heterocycles. The van der Waals surface area contributed by atoms with Gasteiger partial charge in [0.15, 0.2) is 4.80 Å². The number of nitrogens with zero attached hydrogens (tertiary/aromatic N) is 3. The average molecular weight is 552 g/mol. The number of hydrogen-bond acceptors (Lipinski definition) is 7. The lowest BCUT2D eigenvalue weighted by molar-refractivity contribution is 0.122. The molecule has 2 amide bonds. The number of urea groups is 1. The van der Waals surface area contributed by atoms with Gasteiger partial charge in [0, 0.05) is 44.3 Å². The van der Waals surface area contributed by atoms with Gasteiger partial charge < -0.3 is 24.8 Å². The molecular weight excluding hydrogens is 521 g/mol. The van der Waals surface area contributed by atoms with Crippen molar-refractivity contribution in [3.63, 3.8) is 0 Å². The Bertz CT molecular complexity index is 1340. The summed E-state index contributed by atoms with van der Waals surface area (Å²) in [4.78, 5) is 19.3. The number of carbonyl (C=O) groups excluding carboxylic acids is 1. The average Bonchev–Trinajstić information content (AvgIpc) is 3.25. The van der Waals surface area contributed by atoms with Gasteiger partial charge in [-0.3, -0.25) is 4.55 Å². The highest BCUT2D eigenvalue weighted by atomic mass is 32.2. The zero-order chi connectivity index (χ0) is 26.8. The lowest BCUT2D eigenvalue weighted by atomic mass is 10.1. The zero-order valence-electron chi connectivity index (χ0n) is 20.6. The Balaban J connectivity index is 0.000000695. The van der Waals surface area contributed by atoms with Gasteiger partial charge in [-0.15, -0.1) is 11.3 Å². The van der Waals surface area contributed by atoms with E-state index in [-0.39, 0.29) is 11.8 Å². The zero-order valence-corrected chi connectivity index (χ0v) is 22.2. The van der Waals surface area contributed by atoms with E-state index in [4.69, 9.17) is 9.29 Å². The standard InChI is InChI=1S/C23H26FN5O2S.CH4O3S/c1-25-22(30)26-9-10-29-21(16-32-23(29)27-19-4-2-3-18(24)15-19)17-5-7-20(8-6-17)28-11-13-31-14-12-28;1-5(2,3)4/h2-8,15-16H,9-14H2,1H3,(H2,25,26,30);1H3,(H,2,3,4)/b27-23-;. The molecule has 1 fully saturated rings. The number of ether oxygens (including phenoxy) is 1. The summed E-state index contributed by atoms with van der Waals surface area (Å²) in [5, 5.41) is 7.41. The van der Waals surface area contributed by atoms with Crippen molar-refractivity contribution in [3.05, 3.63) is 64.5 Å². The monoisotopic (exact) mass is 551 g/mol. The fourth-order valence-corrected chi connectivity index (χ4v) is 4.51. The van der Waals surface area contributed by atoms with Gasteiger partial charge in [0.1, 0.15) is 5.82 Å². The number of carbonyl (C=O) groups is 1. The van der Waals surface area contributed by atoms with Crippen molar-refractivity contribution >= 4 is 38.9 Å². The summed E-state index contributed by atoms with van der Waals surface area (Å²) in [5.74, 6) is -0.324. The second-order valence-electron chi connectivity index (χ2n) is 8.03. The first-order valence-corrected chi connectivity index (χ1v) is 14.2. The SMILES string of the molecule is CNC(=O)NCCn1c(-c2ccc(N3CCOCC3)cc2)cs/c1=N\c1cccc(F)c1.CS(=O)(=O)O. The van der Waals surface area contributed by atoms with Gasteiger partial charge >= 0.3 is 6.03 Å². The van der Waals surface area contributed by atoms with Crippen molar-refractivity contribution in [2.75, 3.05) is 51.1 Å². The van der Waals surface area contributed by atoms with Crippen LogP contribution in [0, 0.1) is 5.82 Å². The van der Waals surface area contributed by atoms with Gasteiger partial charge in [0.25, 0.3) is 10.1 Å². The molecule has 1 aliphatic heterocycles. The fourth-order valence-electron chi connectivity index (χ4n) is 3.56. The van der Waals surface area contributed by atoms with Gasteiger partial charge in [-0.2, -0.15) is 8.42 Å². The summed E-state index contributed by atoms with van der Waals surface area (Å²) < 4.78 is 47.0. The smallest absolute Gasteiger partial charge is 0.314 e. The first kappa shape index (κ1) is 28.3. The highest BCUT2D eigenvalue weighted by Gasteiger charge is 2.13. The van der Waals surface area contributed by atoms with Crippen LogP contribution >= 0.6 is 11.3 Å². The lowest BCUT2D eigenvalue weighted by Gasteiger charge is -2.28. The normalized spacial score (nSPS) is 14.1. The fraction of sp³-hybridized carbons (Fsp3) is 0.333.